The van der Waals surface area contributed by atoms with Gasteiger partial charge in [-0.15, -0.1) is 10.2 Å². The first-order valence-corrected chi connectivity index (χ1v) is 7.42. The molecule has 2 aromatic carbocycles. The molecule has 23 heavy (non-hydrogen) atoms. The number of nitrogens with zero attached hydrogens (tertiary/aromatic N) is 2. The van der Waals surface area contributed by atoms with Gasteiger partial charge >= 0.3 is 0 Å². The van der Waals surface area contributed by atoms with Crippen LogP contribution in [0.25, 0.3) is 0 Å². The minimum absolute atomic E-state index is 0.164. The van der Waals surface area contributed by atoms with E-state index in [0.29, 0.717) is 23.8 Å². The molecule has 5 heteroatoms. The molecule has 5 nitrogen and oxygen atoms in total. The maximum atomic E-state index is 12.4. The minimum Gasteiger partial charge on any atom is -0.423 e. The van der Waals surface area contributed by atoms with Crippen molar-refractivity contribution in [2.45, 2.75) is 19.4 Å². The molecular formula is C18H17N3O2. The van der Waals surface area contributed by atoms with Gasteiger partial charge in [-0.25, -0.2) is 0 Å². The van der Waals surface area contributed by atoms with Crippen molar-refractivity contribution in [2.24, 2.45) is 0 Å². The van der Waals surface area contributed by atoms with E-state index in [4.69, 9.17) is 4.42 Å². The van der Waals surface area contributed by atoms with Gasteiger partial charge in [0, 0.05) is 18.9 Å². The Hall–Kier alpha value is -2.95. The van der Waals surface area contributed by atoms with Crippen molar-refractivity contribution >= 4 is 5.91 Å². The van der Waals surface area contributed by atoms with Crippen LogP contribution in [0, 0.1) is 6.92 Å². The molecule has 1 aromatic heterocycles. The number of carbonyl (C=O) groups excluding carboxylic acids is 1. The molecule has 116 valence electrons. The van der Waals surface area contributed by atoms with E-state index in [9.17, 15) is 4.79 Å². The second-order valence-corrected chi connectivity index (χ2v) is 5.24. The Labute approximate surface area is 134 Å². The van der Waals surface area contributed by atoms with E-state index in [0.717, 1.165) is 5.56 Å². The molecule has 3 rings (SSSR count). The van der Waals surface area contributed by atoms with Crippen LogP contribution in [0.5, 0.6) is 0 Å². The van der Waals surface area contributed by atoms with Crippen LogP contribution in [-0.4, -0.2) is 16.1 Å². The molecule has 0 fully saturated rings. The number of benzene rings is 2. The molecule has 0 aliphatic rings. The normalized spacial score (nSPS) is 11.9. The lowest BCUT2D eigenvalue weighted by molar-refractivity contribution is 0.0929. The zero-order valence-electron chi connectivity index (χ0n) is 12.8. The van der Waals surface area contributed by atoms with Crippen LogP contribution in [0.1, 0.15) is 33.7 Å². The summed E-state index contributed by atoms with van der Waals surface area (Å²) >= 11 is 0. The lowest BCUT2D eigenvalue weighted by atomic mass is 10.1. The summed E-state index contributed by atoms with van der Waals surface area (Å²) < 4.78 is 5.52. The van der Waals surface area contributed by atoms with Gasteiger partial charge in [-0.3, -0.25) is 4.79 Å². The van der Waals surface area contributed by atoms with Crippen LogP contribution in [0.15, 0.2) is 65.1 Å². The zero-order valence-corrected chi connectivity index (χ0v) is 12.8. The number of nitrogens with one attached hydrogen (secondary N) is 1. The van der Waals surface area contributed by atoms with Gasteiger partial charge in [0.15, 0.2) is 0 Å². The van der Waals surface area contributed by atoms with Gasteiger partial charge in [0.2, 0.25) is 11.8 Å². The molecule has 1 N–H and O–H groups in total. The first kappa shape index (κ1) is 15.0. The Morgan fingerprint density at radius 3 is 2.30 bits per heavy atom. The topological polar surface area (TPSA) is 68.0 Å². The highest BCUT2D eigenvalue weighted by Crippen LogP contribution is 2.18. The molecule has 1 amide bonds. The average molecular weight is 307 g/mol. The maximum Gasteiger partial charge on any atom is 0.251 e. The number of hydrogen-bond acceptors (Lipinski definition) is 4. The van der Waals surface area contributed by atoms with Gasteiger partial charge in [-0.05, 0) is 17.7 Å². The van der Waals surface area contributed by atoms with E-state index < -0.39 is 0 Å². The third-order valence-electron chi connectivity index (χ3n) is 3.46. The van der Waals surface area contributed by atoms with Crippen LogP contribution in [-0.2, 0) is 6.42 Å². The van der Waals surface area contributed by atoms with Crippen molar-refractivity contribution < 1.29 is 9.21 Å². The van der Waals surface area contributed by atoms with Crippen molar-refractivity contribution in [3.63, 3.8) is 0 Å². The summed E-state index contributed by atoms with van der Waals surface area (Å²) in [5.41, 5.74) is 1.68. The molecule has 0 saturated heterocycles. The number of rotatable bonds is 5. The van der Waals surface area contributed by atoms with E-state index in [-0.39, 0.29) is 11.9 Å². The van der Waals surface area contributed by atoms with Crippen LogP contribution < -0.4 is 5.32 Å². The fraction of sp³-hybridized carbons (Fsp3) is 0.167. The first-order valence-electron chi connectivity index (χ1n) is 7.42. The fourth-order valence-corrected chi connectivity index (χ4v) is 2.33. The SMILES string of the molecule is Cc1nnc(C(Cc2ccccc2)NC(=O)c2ccccc2)o1. The Balaban J connectivity index is 1.82. The highest BCUT2D eigenvalue weighted by atomic mass is 16.4. The number of aryl methyl sites for hydroxylation is 1. The van der Waals surface area contributed by atoms with Gasteiger partial charge in [-0.1, -0.05) is 48.5 Å². The molecule has 1 unspecified atom stereocenters. The van der Waals surface area contributed by atoms with Crippen molar-refractivity contribution in [1.82, 2.24) is 15.5 Å². The quantitative estimate of drug-likeness (QED) is 0.786. The summed E-state index contributed by atoms with van der Waals surface area (Å²) in [6.07, 6.45) is 0.584. The summed E-state index contributed by atoms with van der Waals surface area (Å²) in [4.78, 5) is 12.4. The van der Waals surface area contributed by atoms with Crippen LogP contribution in [0.3, 0.4) is 0 Å². The van der Waals surface area contributed by atoms with Crippen molar-refractivity contribution in [3.8, 4) is 0 Å². The fourth-order valence-electron chi connectivity index (χ4n) is 2.33. The van der Waals surface area contributed by atoms with Gasteiger partial charge in [-0.2, -0.15) is 0 Å². The molecule has 0 aliphatic heterocycles. The monoisotopic (exact) mass is 307 g/mol. The number of aromatic nitrogens is 2. The zero-order chi connectivity index (χ0) is 16.1. The molecule has 0 spiro atoms. The smallest absolute Gasteiger partial charge is 0.251 e. The molecule has 0 aliphatic carbocycles. The average Bonchev–Trinajstić information content (AvgIpc) is 3.02. The lowest BCUT2D eigenvalue weighted by Gasteiger charge is -2.15. The molecule has 1 heterocycles. The molecule has 1 atom stereocenters. The van der Waals surface area contributed by atoms with E-state index >= 15 is 0 Å². The standard InChI is InChI=1S/C18H17N3O2/c1-13-20-21-18(23-13)16(12-14-8-4-2-5-9-14)19-17(22)15-10-6-3-7-11-15/h2-11,16H,12H2,1H3,(H,19,22). The molecule has 0 radical (unpaired) electrons. The van der Waals surface area contributed by atoms with Crippen LogP contribution >= 0.6 is 0 Å². The summed E-state index contributed by atoms with van der Waals surface area (Å²) in [5, 5.41) is 10.9. The Bertz CT molecular complexity index is 769. The number of hydrogen-bond donors (Lipinski definition) is 1. The predicted octanol–water partition coefficient (Wildman–Crippen LogP) is 3.09. The van der Waals surface area contributed by atoms with E-state index in [1.165, 1.54) is 0 Å². The summed E-state index contributed by atoms with van der Waals surface area (Å²) in [5.74, 6) is 0.727. The van der Waals surface area contributed by atoms with Crippen LogP contribution in [0.4, 0.5) is 0 Å². The first-order chi connectivity index (χ1) is 11.2. The Morgan fingerprint density at radius 1 is 1.04 bits per heavy atom. The van der Waals surface area contributed by atoms with Crippen molar-refractivity contribution in [2.75, 3.05) is 0 Å². The Morgan fingerprint density at radius 2 is 1.70 bits per heavy atom. The highest BCUT2D eigenvalue weighted by molar-refractivity contribution is 5.94. The second-order valence-electron chi connectivity index (χ2n) is 5.24. The van der Waals surface area contributed by atoms with Gasteiger partial charge in [0.25, 0.3) is 5.91 Å². The van der Waals surface area contributed by atoms with E-state index in [2.05, 4.69) is 15.5 Å². The second kappa shape index (κ2) is 6.87. The summed E-state index contributed by atoms with van der Waals surface area (Å²) in [7, 11) is 0. The van der Waals surface area contributed by atoms with Crippen molar-refractivity contribution in [3.05, 3.63) is 83.6 Å². The van der Waals surface area contributed by atoms with Gasteiger partial charge in [0.05, 0.1) is 0 Å². The largest absolute Gasteiger partial charge is 0.423 e. The molecule has 0 saturated carbocycles. The Kier molecular flexibility index (Phi) is 4.47. The number of carbonyl (C=O) groups is 1. The maximum absolute atomic E-state index is 12.4. The van der Waals surface area contributed by atoms with Gasteiger partial charge in [0.1, 0.15) is 6.04 Å². The highest BCUT2D eigenvalue weighted by Gasteiger charge is 2.21. The van der Waals surface area contributed by atoms with E-state index in [1.807, 2.05) is 48.5 Å². The van der Waals surface area contributed by atoms with E-state index in [1.54, 1.807) is 19.1 Å². The predicted molar refractivity (Wildman–Crippen MR) is 85.8 cm³/mol. The lowest BCUT2D eigenvalue weighted by Crippen LogP contribution is -2.30. The number of amides is 1. The molecular weight excluding hydrogens is 290 g/mol. The van der Waals surface area contributed by atoms with Gasteiger partial charge < -0.3 is 9.73 Å². The molecule has 3 aromatic rings. The van der Waals surface area contributed by atoms with Crippen LogP contribution in [0.2, 0.25) is 0 Å². The third kappa shape index (κ3) is 3.83. The molecule has 0 bridgehead atoms. The van der Waals surface area contributed by atoms with Crippen molar-refractivity contribution in [1.29, 1.82) is 0 Å². The third-order valence-corrected chi connectivity index (χ3v) is 3.46. The summed E-state index contributed by atoms with van der Waals surface area (Å²) in [6.45, 7) is 1.73. The summed E-state index contributed by atoms with van der Waals surface area (Å²) in [6, 6.07) is 18.6. The minimum atomic E-state index is -0.369.